The molecule has 1 N–H and O–H groups in total. The number of carboxylic acids is 1. The van der Waals surface area contributed by atoms with Gasteiger partial charge in [0.05, 0.1) is 5.41 Å². The Morgan fingerprint density at radius 1 is 0.788 bits per heavy atom. The summed E-state index contributed by atoms with van der Waals surface area (Å²) in [5, 5.41) is 9.20. The standard InChI is InChI=1S/C27H36O6/c1-26(2,25(31)32)16-6-10-21-14-12-19(23(21)29)8-5-9-20-13-15-22(24(20)30)11-7-17-27(3,4)33-18-28/h12-15,18H,5-11,16-17H2,1-4H3,(H,31,32). The fourth-order valence-corrected chi connectivity index (χ4v) is 4.10. The number of hydrogen-bond donors (Lipinski definition) is 1. The first-order valence-corrected chi connectivity index (χ1v) is 11.7. The number of carboxylic acid groups (broad SMARTS) is 1. The molecule has 0 spiro atoms. The summed E-state index contributed by atoms with van der Waals surface area (Å²) >= 11 is 0. The molecule has 0 unspecified atom stereocenters. The van der Waals surface area contributed by atoms with Crippen molar-refractivity contribution >= 4 is 24.0 Å². The Kier molecular flexibility index (Phi) is 9.15. The molecule has 0 saturated heterocycles. The van der Waals surface area contributed by atoms with Crippen LogP contribution in [0.2, 0.25) is 0 Å². The second-order valence-corrected chi connectivity index (χ2v) is 10.1. The molecule has 2 aliphatic carbocycles. The Morgan fingerprint density at radius 2 is 1.18 bits per heavy atom. The molecular formula is C27H36O6. The summed E-state index contributed by atoms with van der Waals surface area (Å²) in [6, 6.07) is 0. The van der Waals surface area contributed by atoms with Crippen LogP contribution in [-0.4, -0.2) is 34.7 Å². The van der Waals surface area contributed by atoms with E-state index in [-0.39, 0.29) is 11.6 Å². The minimum Gasteiger partial charge on any atom is -0.481 e. The van der Waals surface area contributed by atoms with Crippen molar-refractivity contribution < 1.29 is 29.0 Å². The van der Waals surface area contributed by atoms with Crippen LogP contribution >= 0.6 is 0 Å². The van der Waals surface area contributed by atoms with Gasteiger partial charge in [0.2, 0.25) is 0 Å². The lowest BCUT2D eigenvalue weighted by molar-refractivity contribution is -0.147. The third kappa shape index (κ3) is 7.65. The molecule has 2 rings (SSSR count). The average molecular weight is 457 g/mol. The zero-order valence-electron chi connectivity index (χ0n) is 20.2. The van der Waals surface area contributed by atoms with Gasteiger partial charge in [-0.3, -0.25) is 19.2 Å². The fraction of sp³-hybridized carbons (Fsp3) is 0.556. The Hall–Kier alpha value is -2.76. The summed E-state index contributed by atoms with van der Waals surface area (Å²) in [5.41, 5.74) is 1.76. The summed E-state index contributed by atoms with van der Waals surface area (Å²) in [7, 11) is 0. The number of Topliss-reactive ketones (excluding diaryl/α,β-unsaturated/α-hetero) is 2. The molecule has 0 aromatic rings. The van der Waals surface area contributed by atoms with Gasteiger partial charge in [0, 0.05) is 0 Å². The van der Waals surface area contributed by atoms with E-state index in [9.17, 15) is 24.3 Å². The molecule has 0 aromatic carbocycles. The van der Waals surface area contributed by atoms with Crippen molar-refractivity contribution in [1.29, 1.82) is 0 Å². The second kappa shape index (κ2) is 11.4. The predicted octanol–water partition coefficient (Wildman–Crippen LogP) is 5.43. The van der Waals surface area contributed by atoms with Gasteiger partial charge in [-0.15, -0.1) is 0 Å². The molecule has 180 valence electrons. The SMILES string of the molecule is CC(C)(CCCC1=CC=C(CCCC2=CC=C(CCCC(C)(C)C(=O)O)C2=O)C1=O)OC=O. The molecule has 2 aliphatic rings. The van der Waals surface area contributed by atoms with E-state index in [0.29, 0.717) is 51.4 Å². The summed E-state index contributed by atoms with van der Waals surface area (Å²) < 4.78 is 5.05. The van der Waals surface area contributed by atoms with Crippen LogP contribution < -0.4 is 0 Å². The van der Waals surface area contributed by atoms with E-state index in [1.807, 2.05) is 38.2 Å². The summed E-state index contributed by atoms with van der Waals surface area (Å²) in [4.78, 5) is 47.0. The first kappa shape index (κ1) is 26.5. The Labute approximate surface area is 196 Å². The van der Waals surface area contributed by atoms with Crippen LogP contribution in [0.1, 0.15) is 85.5 Å². The Balaban J connectivity index is 1.68. The van der Waals surface area contributed by atoms with E-state index in [4.69, 9.17) is 4.74 Å². The highest BCUT2D eigenvalue weighted by atomic mass is 16.5. The third-order valence-electron chi connectivity index (χ3n) is 6.45. The number of allylic oxidation sites excluding steroid dienone is 8. The van der Waals surface area contributed by atoms with Crippen LogP contribution in [0, 0.1) is 5.41 Å². The number of hydrogen-bond acceptors (Lipinski definition) is 5. The third-order valence-corrected chi connectivity index (χ3v) is 6.45. The molecule has 6 nitrogen and oxygen atoms in total. The lowest BCUT2D eigenvalue weighted by Crippen LogP contribution is -2.23. The van der Waals surface area contributed by atoms with E-state index in [1.54, 1.807) is 13.8 Å². The zero-order valence-corrected chi connectivity index (χ0v) is 20.2. The van der Waals surface area contributed by atoms with Crippen LogP contribution in [0.25, 0.3) is 0 Å². The van der Waals surface area contributed by atoms with Crippen molar-refractivity contribution in [2.24, 2.45) is 5.41 Å². The average Bonchev–Trinajstić information content (AvgIpc) is 3.25. The molecule has 0 aromatic heterocycles. The van der Waals surface area contributed by atoms with Gasteiger partial charge in [-0.25, -0.2) is 0 Å². The summed E-state index contributed by atoms with van der Waals surface area (Å²) in [6.45, 7) is 7.57. The van der Waals surface area contributed by atoms with Crippen LogP contribution in [-0.2, 0) is 23.9 Å². The molecule has 6 heteroatoms. The maximum absolute atomic E-state index is 12.6. The molecule has 0 aliphatic heterocycles. The number of carbonyl (C=O) groups is 4. The first-order chi connectivity index (χ1) is 15.5. The minimum absolute atomic E-state index is 0.0498. The minimum atomic E-state index is -0.822. The number of carbonyl (C=O) groups excluding carboxylic acids is 3. The molecular weight excluding hydrogens is 420 g/mol. The highest BCUT2D eigenvalue weighted by Gasteiger charge is 2.28. The number of ether oxygens (including phenoxy) is 1. The van der Waals surface area contributed by atoms with Gasteiger partial charge in [0.25, 0.3) is 6.47 Å². The first-order valence-electron chi connectivity index (χ1n) is 11.7. The lowest BCUT2D eigenvalue weighted by atomic mass is 9.86. The largest absolute Gasteiger partial charge is 0.481 e. The fourth-order valence-electron chi connectivity index (χ4n) is 4.10. The van der Waals surface area contributed by atoms with Crippen LogP contribution in [0.5, 0.6) is 0 Å². The smallest absolute Gasteiger partial charge is 0.309 e. The molecule has 0 fully saturated rings. The maximum atomic E-state index is 12.6. The van der Waals surface area contributed by atoms with Crippen molar-refractivity contribution in [3.63, 3.8) is 0 Å². The number of aliphatic carboxylic acids is 1. The van der Waals surface area contributed by atoms with Crippen LogP contribution in [0.4, 0.5) is 0 Å². The Morgan fingerprint density at radius 3 is 1.58 bits per heavy atom. The molecule has 33 heavy (non-hydrogen) atoms. The monoisotopic (exact) mass is 456 g/mol. The van der Waals surface area contributed by atoms with Gasteiger partial charge in [-0.1, -0.05) is 24.3 Å². The van der Waals surface area contributed by atoms with E-state index in [1.165, 1.54) is 0 Å². The second-order valence-electron chi connectivity index (χ2n) is 10.1. The summed E-state index contributed by atoms with van der Waals surface area (Å²) in [6.07, 6.45) is 13.3. The molecule has 0 radical (unpaired) electrons. The van der Waals surface area contributed by atoms with Gasteiger partial charge < -0.3 is 9.84 Å². The topological polar surface area (TPSA) is 97.7 Å². The molecule has 0 atom stereocenters. The van der Waals surface area contributed by atoms with Gasteiger partial charge in [0.1, 0.15) is 5.60 Å². The number of ketones is 2. The molecule has 0 amide bonds. The van der Waals surface area contributed by atoms with Crippen molar-refractivity contribution in [3.8, 4) is 0 Å². The molecule has 0 bridgehead atoms. The molecule has 0 saturated carbocycles. The lowest BCUT2D eigenvalue weighted by Gasteiger charge is -2.22. The van der Waals surface area contributed by atoms with E-state index >= 15 is 0 Å². The highest BCUT2D eigenvalue weighted by molar-refractivity contribution is 6.12. The van der Waals surface area contributed by atoms with Gasteiger partial charge in [-0.2, -0.15) is 0 Å². The van der Waals surface area contributed by atoms with Gasteiger partial charge in [0.15, 0.2) is 11.6 Å². The Bertz CT molecular complexity index is 911. The van der Waals surface area contributed by atoms with Crippen molar-refractivity contribution in [3.05, 3.63) is 46.6 Å². The van der Waals surface area contributed by atoms with Crippen LogP contribution in [0.15, 0.2) is 46.6 Å². The van der Waals surface area contributed by atoms with Gasteiger partial charge in [-0.05, 0) is 108 Å². The van der Waals surface area contributed by atoms with E-state index in [0.717, 1.165) is 35.1 Å². The predicted molar refractivity (Wildman–Crippen MR) is 127 cm³/mol. The normalized spacial score (nSPS) is 16.4. The number of rotatable bonds is 15. The van der Waals surface area contributed by atoms with Crippen molar-refractivity contribution in [2.45, 2.75) is 91.1 Å². The van der Waals surface area contributed by atoms with Crippen molar-refractivity contribution in [2.75, 3.05) is 0 Å². The highest BCUT2D eigenvalue weighted by Crippen LogP contribution is 2.30. The van der Waals surface area contributed by atoms with Crippen molar-refractivity contribution in [1.82, 2.24) is 0 Å². The molecule has 0 heterocycles. The van der Waals surface area contributed by atoms with Gasteiger partial charge >= 0.3 is 5.97 Å². The maximum Gasteiger partial charge on any atom is 0.309 e. The van der Waals surface area contributed by atoms with E-state index < -0.39 is 17.0 Å². The quantitative estimate of drug-likeness (QED) is 0.330. The van der Waals surface area contributed by atoms with Crippen LogP contribution in [0.3, 0.4) is 0 Å². The van der Waals surface area contributed by atoms with E-state index in [2.05, 4.69) is 0 Å². The summed E-state index contributed by atoms with van der Waals surface area (Å²) in [5.74, 6) is -0.693. The zero-order chi connectivity index (χ0) is 24.6.